The lowest BCUT2D eigenvalue weighted by Gasteiger charge is -2.13. The van der Waals surface area contributed by atoms with Crippen molar-refractivity contribution in [1.82, 2.24) is 0 Å². The molecule has 0 aliphatic rings. The highest BCUT2D eigenvalue weighted by Crippen LogP contribution is 2.26. The first-order valence-corrected chi connectivity index (χ1v) is 9.49. The first-order valence-electron chi connectivity index (χ1n) is 9.49. The molecule has 2 aromatic carbocycles. The van der Waals surface area contributed by atoms with Crippen molar-refractivity contribution in [3.63, 3.8) is 0 Å². The van der Waals surface area contributed by atoms with Gasteiger partial charge in [0.15, 0.2) is 5.78 Å². The van der Waals surface area contributed by atoms with Crippen molar-refractivity contribution in [3.05, 3.63) is 59.2 Å². The van der Waals surface area contributed by atoms with E-state index in [1.54, 1.807) is 37.5 Å². The van der Waals surface area contributed by atoms with Gasteiger partial charge in [0.1, 0.15) is 11.5 Å². The Balaban J connectivity index is 2.18. The molecule has 2 aromatic rings. The topological polar surface area (TPSA) is 44.8 Å². The molecular weight excluding hydrogens is 397 g/mol. The zero-order valence-corrected chi connectivity index (χ0v) is 17.2. The molecule has 0 aliphatic heterocycles. The van der Waals surface area contributed by atoms with Crippen molar-refractivity contribution >= 4 is 17.9 Å². The quantitative estimate of drug-likeness (QED) is 0.347. The lowest BCUT2D eigenvalue weighted by molar-refractivity contribution is -0.274. The van der Waals surface area contributed by atoms with Crippen LogP contribution >= 0.6 is 0 Å². The largest absolute Gasteiger partial charge is 0.573 e. The number of carbonyl (C=O) groups is 1. The van der Waals surface area contributed by atoms with E-state index in [2.05, 4.69) is 4.74 Å². The number of ketones is 1. The average molecular weight is 422 g/mol. The number of methoxy groups -OCH3 is 2. The first kappa shape index (κ1) is 23.5. The number of rotatable bonds is 10. The lowest BCUT2D eigenvalue weighted by atomic mass is 9.95. The fourth-order valence-electron chi connectivity index (χ4n) is 2.94. The summed E-state index contributed by atoms with van der Waals surface area (Å²) < 4.78 is 51.2. The monoisotopic (exact) mass is 422 g/mol. The van der Waals surface area contributed by atoms with Crippen LogP contribution in [0.15, 0.2) is 42.5 Å². The molecule has 162 valence electrons. The Bertz CT molecular complexity index is 858. The molecule has 0 fully saturated rings. The number of alkyl halides is 3. The zero-order valence-electron chi connectivity index (χ0n) is 17.2. The summed E-state index contributed by atoms with van der Waals surface area (Å²) in [7, 11) is 3.15. The third-order valence-corrected chi connectivity index (χ3v) is 4.57. The molecule has 4 nitrogen and oxygen atoms in total. The van der Waals surface area contributed by atoms with Crippen LogP contribution in [-0.2, 0) is 4.74 Å². The minimum Gasteiger partial charge on any atom is -0.496 e. The van der Waals surface area contributed by atoms with E-state index >= 15 is 0 Å². The molecule has 1 atom stereocenters. The molecule has 7 heteroatoms. The Morgan fingerprint density at radius 1 is 1.07 bits per heavy atom. The summed E-state index contributed by atoms with van der Waals surface area (Å²) in [5.74, 6) is 0.473. The minimum atomic E-state index is -4.72. The fraction of sp³-hybridized carbons (Fsp3) is 0.348. The summed E-state index contributed by atoms with van der Waals surface area (Å²) in [4.78, 5) is 12.6. The van der Waals surface area contributed by atoms with Crippen LogP contribution in [0.4, 0.5) is 13.2 Å². The van der Waals surface area contributed by atoms with Crippen molar-refractivity contribution in [2.75, 3.05) is 20.8 Å². The molecule has 0 saturated carbocycles. The molecular formula is C23H25F3O4. The zero-order chi connectivity index (χ0) is 22.1. The number of carbonyl (C=O) groups excluding carboxylic acids is 1. The Morgan fingerprint density at radius 2 is 1.77 bits per heavy atom. The second-order valence-electron chi connectivity index (χ2n) is 6.76. The van der Waals surface area contributed by atoms with Gasteiger partial charge in [-0.25, -0.2) is 0 Å². The summed E-state index contributed by atoms with van der Waals surface area (Å²) in [6.07, 6.45) is -0.0142. The average Bonchev–Trinajstić information content (AvgIpc) is 2.71. The smallest absolute Gasteiger partial charge is 0.496 e. The van der Waals surface area contributed by atoms with Gasteiger partial charge in [-0.15, -0.1) is 13.2 Å². The molecule has 0 aromatic heterocycles. The second-order valence-corrected chi connectivity index (χ2v) is 6.76. The number of halogens is 3. The van der Waals surface area contributed by atoms with Crippen LogP contribution in [0.2, 0.25) is 0 Å². The van der Waals surface area contributed by atoms with Gasteiger partial charge in [0.05, 0.1) is 7.11 Å². The summed E-state index contributed by atoms with van der Waals surface area (Å²) in [5, 5.41) is 0. The third-order valence-electron chi connectivity index (χ3n) is 4.57. The molecule has 2 rings (SSSR count). The van der Waals surface area contributed by atoms with Crippen LogP contribution in [0.1, 0.15) is 41.3 Å². The molecule has 0 bridgehead atoms. The third kappa shape index (κ3) is 7.22. The van der Waals surface area contributed by atoms with Crippen LogP contribution in [-0.4, -0.2) is 33.0 Å². The lowest BCUT2D eigenvalue weighted by Crippen LogP contribution is -2.16. The van der Waals surface area contributed by atoms with E-state index in [9.17, 15) is 18.0 Å². The highest BCUT2D eigenvalue weighted by atomic mass is 19.4. The van der Waals surface area contributed by atoms with E-state index in [1.807, 2.05) is 6.92 Å². The van der Waals surface area contributed by atoms with Gasteiger partial charge in [-0.2, -0.15) is 0 Å². The predicted molar refractivity (Wildman–Crippen MR) is 110 cm³/mol. The summed E-state index contributed by atoms with van der Waals surface area (Å²) in [6, 6.07) is 10.7. The molecule has 0 heterocycles. The first-order chi connectivity index (χ1) is 14.3. The van der Waals surface area contributed by atoms with E-state index < -0.39 is 6.36 Å². The van der Waals surface area contributed by atoms with Crippen LogP contribution < -0.4 is 9.47 Å². The Labute approximate surface area is 174 Å². The van der Waals surface area contributed by atoms with Crippen molar-refractivity contribution in [1.29, 1.82) is 0 Å². The van der Waals surface area contributed by atoms with Gasteiger partial charge in [-0.1, -0.05) is 37.6 Å². The van der Waals surface area contributed by atoms with Crippen LogP contribution in [0.3, 0.4) is 0 Å². The van der Waals surface area contributed by atoms with E-state index in [-0.39, 0.29) is 17.5 Å². The minimum absolute atomic E-state index is 0.0184. The Hall–Kier alpha value is -2.80. The van der Waals surface area contributed by atoms with E-state index in [0.717, 1.165) is 6.42 Å². The van der Waals surface area contributed by atoms with E-state index in [1.165, 1.54) is 31.4 Å². The van der Waals surface area contributed by atoms with Crippen molar-refractivity contribution in [3.8, 4) is 11.5 Å². The van der Waals surface area contributed by atoms with E-state index in [0.29, 0.717) is 35.5 Å². The van der Waals surface area contributed by atoms with Gasteiger partial charge in [-0.05, 0) is 41.8 Å². The van der Waals surface area contributed by atoms with Gasteiger partial charge in [-0.3, -0.25) is 4.79 Å². The number of Topliss-reactive ketones (excluding diaryl/α,β-unsaturated/α-hetero) is 1. The van der Waals surface area contributed by atoms with Crippen LogP contribution in [0.25, 0.3) is 12.2 Å². The highest BCUT2D eigenvalue weighted by molar-refractivity contribution is 5.97. The standard InChI is InChI=1S/C23H25F3O4/c1-4-16(15-28-2)13-21(27)18-9-12-22(29-3)19(14-18)8-5-17-6-10-20(11-7-17)30-23(24,25)26/h5-12,14,16H,4,13,15H2,1-3H3/b8-5+. The maximum absolute atomic E-state index is 12.6. The van der Waals surface area contributed by atoms with Crippen LogP contribution in [0.5, 0.6) is 11.5 Å². The Kier molecular flexibility index (Phi) is 8.47. The summed E-state index contributed by atoms with van der Waals surface area (Å²) >= 11 is 0. The van der Waals surface area contributed by atoms with Gasteiger partial charge in [0.25, 0.3) is 0 Å². The molecule has 0 spiro atoms. The highest BCUT2D eigenvalue weighted by Gasteiger charge is 2.30. The molecule has 0 amide bonds. The number of hydrogen-bond donors (Lipinski definition) is 0. The second kappa shape index (κ2) is 10.8. The van der Waals surface area contributed by atoms with Gasteiger partial charge < -0.3 is 14.2 Å². The van der Waals surface area contributed by atoms with E-state index in [4.69, 9.17) is 9.47 Å². The predicted octanol–water partition coefficient (Wildman–Crippen LogP) is 6.01. The van der Waals surface area contributed by atoms with Gasteiger partial charge >= 0.3 is 6.36 Å². The van der Waals surface area contributed by atoms with Crippen molar-refractivity contribution in [2.45, 2.75) is 26.1 Å². The van der Waals surface area contributed by atoms with Gasteiger partial charge in [0, 0.05) is 31.3 Å². The molecule has 0 N–H and O–H groups in total. The SMILES string of the molecule is CCC(COC)CC(=O)c1ccc(OC)c(/C=C/c2ccc(OC(F)(F)F)cc2)c1. The van der Waals surface area contributed by atoms with Crippen LogP contribution in [0, 0.1) is 5.92 Å². The number of hydrogen-bond acceptors (Lipinski definition) is 4. The Morgan fingerprint density at radius 3 is 2.33 bits per heavy atom. The number of benzene rings is 2. The number of ether oxygens (including phenoxy) is 3. The van der Waals surface area contributed by atoms with Crippen molar-refractivity contribution in [2.24, 2.45) is 5.92 Å². The normalized spacial score (nSPS) is 12.7. The molecule has 0 radical (unpaired) electrons. The summed E-state index contributed by atoms with van der Waals surface area (Å²) in [6.45, 7) is 2.55. The van der Waals surface area contributed by atoms with Crippen molar-refractivity contribution < 1.29 is 32.2 Å². The molecule has 0 saturated heterocycles. The fourth-order valence-corrected chi connectivity index (χ4v) is 2.94. The molecule has 0 aliphatic carbocycles. The maximum Gasteiger partial charge on any atom is 0.573 e. The maximum atomic E-state index is 12.6. The molecule has 30 heavy (non-hydrogen) atoms. The van der Waals surface area contributed by atoms with Gasteiger partial charge in [0.2, 0.25) is 0 Å². The summed E-state index contributed by atoms with van der Waals surface area (Å²) in [5.41, 5.74) is 1.94. The molecule has 1 unspecified atom stereocenters.